The van der Waals surface area contributed by atoms with Crippen LogP contribution in [-0.4, -0.2) is 47.4 Å². The molecule has 1 amide bonds. The Hall–Kier alpha value is -1.13. The standard InChI is InChI=1S/C12H16ClN3O/c1-15-6-3-7-16(9-11(15)17)8-10-4-2-5-14-12(10)13/h2,4-5H,3,6-9H2,1H3. The molecule has 0 aromatic carbocycles. The molecule has 0 atom stereocenters. The van der Waals surface area contributed by atoms with Crippen LogP contribution >= 0.6 is 11.6 Å². The second-order valence-corrected chi connectivity index (χ2v) is 4.69. The second kappa shape index (κ2) is 5.47. The zero-order chi connectivity index (χ0) is 12.3. The van der Waals surface area contributed by atoms with E-state index < -0.39 is 0 Å². The molecule has 0 aliphatic carbocycles. The van der Waals surface area contributed by atoms with E-state index in [9.17, 15) is 4.79 Å². The van der Waals surface area contributed by atoms with Crippen LogP contribution in [0.2, 0.25) is 5.15 Å². The smallest absolute Gasteiger partial charge is 0.236 e. The van der Waals surface area contributed by atoms with Gasteiger partial charge in [-0.05, 0) is 12.5 Å². The van der Waals surface area contributed by atoms with E-state index in [1.54, 1.807) is 11.1 Å². The first-order valence-corrected chi connectivity index (χ1v) is 6.10. The summed E-state index contributed by atoms with van der Waals surface area (Å²) in [6, 6.07) is 3.82. The summed E-state index contributed by atoms with van der Waals surface area (Å²) < 4.78 is 0. The van der Waals surface area contributed by atoms with Crippen molar-refractivity contribution < 1.29 is 4.79 Å². The molecule has 5 heteroatoms. The maximum absolute atomic E-state index is 11.7. The Morgan fingerprint density at radius 1 is 1.47 bits per heavy atom. The van der Waals surface area contributed by atoms with E-state index in [1.807, 2.05) is 19.2 Å². The number of aromatic nitrogens is 1. The summed E-state index contributed by atoms with van der Waals surface area (Å²) in [7, 11) is 1.85. The topological polar surface area (TPSA) is 36.4 Å². The lowest BCUT2D eigenvalue weighted by atomic mass is 10.2. The first kappa shape index (κ1) is 12.3. The van der Waals surface area contributed by atoms with Crippen LogP contribution in [0.1, 0.15) is 12.0 Å². The molecule has 92 valence electrons. The van der Waals surface area contributed by atoms with E-state index in [4.69, 9.17) is 11.6 Å². The summed E-state index contributed by atoms with van der Waals surface area (Å²) in [6.45, 7) is 2.89. The monoisotopic (exact) mass is 253 g/mol. The highest BCUT2D eigenvalue weighted by molar-refractivity contribution is 6.30. The maximum atomic E-state index is 11.7. The van der Waals surface area contributed by atoms with Crippen LogP contribution in [0.4, 0.5) is 0 Å². The van der Waals surface area contributed by atoms with Crippen molar-refractivity contribution in [2.45, 2.75) is 13.0 Å². The Morgan fingerprint density at radius 2 is 2.29 bits per heavy atom. The first-order valence-electron chi connectivity index (χ1n) is 5.72. The summed E-state index contributed by atoms with van der Waals surface area (Å²) in [5, 5.41) is 0.526. The largest absolute Gasteiger partial charge is 0.345 e. The number of carbonyl (C=O) groups excluding carboxylic acids is 1. The predicted octanol–water partition coefficient (Wildman–Crippen LogP) is 1.40. The molecule has 2 heterocycles. The lowest BCUT2D eigenvalue weighted by Gasteiger charge is -2.19. The molecular weight excluding hydrogens is 238 g/mol. The zero-order valence-corrected chi connectivity index (χ0v) is 10.7. The normalized spacial score (nSPS) is 18.2. The highest BCUT2D eigenvalue weighted by Gasteiger charge is 2.19. The number of amides is 1. The van der Waals surface area contributed by atoms with Gasteiger partial charge in [0.25, 0.3) is 0 Å². The predicted molar refractivity (Wildman–Crippen MR) is 66.8 cm³/mol. The van der Waals surface area contributed by atoms with Gasteiger partial charge < -0.3 is 4.90 Å². The van der Waals surface area contributed by atoms with Crippen LogP contribution < -0.4 is 0 Å². The van der Waals surface area contributed by atoms with Crippen molar-refractivity contribution in [1.29, 1.82) is 0 Å². The highest BCUT2D eigenvalue weighted by atomic mass is 35.5. The number of hydrogen-bond donors (Lipinski definition) is 0. The zero-order valence-electron chi connectivity index (χ0n) is 9.90. The van der Waals surface area contributed by atoms with E-state index in [0.29, 0.717) is 18.2 Å². The third kappa shape index (κ3) is 3.17. The van der Waals surface area contributed by atoms with Crippen molar-refractivity contribution in [2.24, 2.45) is 0 Å². The van der Waals surface area contributed by atoms with Crippen LogP contribution in [0.15, 0.2) is 18.3 Å². The molecule has 0 saturated carbocycles. The van der Waals surface area contributed by atoms with Crippen molar-refractivity contribution in [1.82, 2.24) is 14.8 Å². The van der Waals surface area contributed by atoms with E-state index in [1.165, 1.54) is 0 Å². The lowest BCUT2D eigenvalue weighted by molar-refractivity contribution is -0.129. The molecule has 0 unspecified atom stereocenters. The fourth-order valence-electron chi connectivity index (χ4n) is 1.96. The quantitative estimate of drug-likeness (QED) is 0.748. The molecule has 0 spiro atoms. The number of nitrogens with zero attached hydrogens (tertiary/aromatic N) is 3. The Kier molecular flexibility index (Phi) is 3.97. The number of pyridine rings is 1. The fraction of sp³-hybridized carbons (Fsp3) is 0.500. The summed E-state index contributed by atoms with van der Waals surface area (Å²) in [5.74, 6) is 0.169. The first-order chi connectivity index (χ1) is 8.16. The van der Waals surface area contributed by atoms with Gasteiger partial charge in [-0.25, -0.2) is 4.98 Å². The Balaban J connectivity index is 2.04. The minimum absolute atomic E-state index is 0.169. The molecular formula is C12H16ClN3O. The van der Waals surface area contributed by atoms with Crippen LogP contribution in [-0.2, 0) is 11.3 Å². The van der Waals surface area contributed by atoms with Gasteiger partial charge >= 0.3 is 0 Å². The number of rotatable bonds is 2. The van der Waals surface area contributed by atoms with Gasteiger partial charge in [0.2, 0.25) is 5.91 Å². The molecule has 1 aliphatic heterocycles. The van der Waals surface area contributed by atoms with Gasteiger partial charge in [-0.1, -0.05) is 17.7 Å². The molecule has 0 bridgehead atoms. The average Bonchev–Trinajstić information content (AvgIpc) is 2.45. The van der Waals surface area contributed by atoms with E-state index in [-0.39, 0.29) is 5.91 Å². The molecule has 1 saturated heterocycles. The molecule has 0 radical (unpaired) electrons. The van der Waals surface area contributed by atoms with E-state index in [2.05, 4.69) is 9.88 Å². The molecule has 17 heavy (non-hydrogen) atoms. The van der Waals surface area contributed by atoms with Crippen molar-refractivity contribution in [3.63, 3.8) is 0 Å². The second-order valence-electron chi connectivity index (χ2n) is 4.33. The van der Waals surface area contributed by atoms with Gasteiger partial charge in [0.05, 0.1) is 6.54 Å². The minimum atomic E-state index is 0.169. The number of halogens is 1. The van der Waals surface area contributed by atoms with Gasteiger partial charge in [-0.2, -0.15) is 0 Å². The molecule has 0 N–H and O–H groups in total. The molecule has 1 aliphatic rings. The summed E-state index contributed by atoms with van der Waals surface area (Å²) >= 11 is 6.02. The third-order valence-electron chi connectivity index (χ3n) is 2.98. The fourth-order valence-corrected chi connectivity index (χ4v) is 2.14. The van der Waals surface area contributed by atoms with Gasteiger partial charge in [-0.3, -0.25) is 9.69 Å². The van der Waals surface area contributed by atoms with Crippen LogP contribution in [0.5, 0.6) is 0 Å². The SMILES string of the molecule is CN1CCCN(Cc2cccnc2Cl)CC1=O. The lowest BCUT2D eigenvalue weighted by Crippen LogP contribution is -2.34. The molecule has 1 fully saturated rings. The molecule has 4 nitrogen and oxygen atoms in total. The number of hydrogen-bond acceptors (Lipinski definition) is 3. The van der Waals surface area contributed by atoms with Crippen LogP contribution in [0, 0.1) is 0 Å². The summed E-state index contributed by atoms with van der Waals surface area (Å²) in [6.07, 6.45) is 2.67. The number of carbonyl (C=O) groups is 1. The van der Waals surface area contributed by atoms with Crippen molar-refractivity contribution >= 4 is 17.5 Å². The molecule has 1 aromatic heterocycles. The molecule has 2 rings (SSSR count). The summed E-state index contributed by atoms with van der Waals surface area (Å²) in [5.41, 5.74) is 0.978. The van der Waals surface area contributed by atoms with Crippen molar-refractivity contribution in [2.75, 3.05) is 26.7 Å². The van der Waals surface area contributed by atoms with Gasteiger partial charge in [0.1, 0.15) is 5.15 Å². The Labute approximate surface area is 106 Å². The highest BCUT2D eigenvalue weighted by Crippen LogP contribution is 2.15. The summed E-state index contributed by atoms with van der Waals surface area (Å²) in [4.78, 5) is 19.7. The van der Waals surface area contributed by atoms with Crippen molar-refractivity contribution in [3.05, 3.63) is 29.0 Å². The Morgan fingerprint density at radius 3 is 3.06 bits per heavy atom. The Bertz CT molecular complexity index is 410. The van der Waals surface area contributed by atoms with Gasteiger partial charge in [0.15, 0.2) is 0 Å². The maximum Gasteiger partial charge on any atom is 0.236 e. The third-order valence-corrected chi connectivity index (χ3v) is 3.32. The molecule has 1 aromatic rings. The van der Waals surface area contributed by atoms with Crippen LogP contribution in [0.25, 0.3) is 0 Å². The minimum Gasteiger partial charge on any atom is -0.345 e. The van der Waals surface area contributed by atoms with E-state index in [0.717, 1.165) is 25.1 Å². The van der Waals surface area contributed by atoms with Crippen LogP contribution in [0.3, 0.4) is 0 Å². The number of likely N-dealkylation sites (N-methyl/N-ethyl adjacent to an activating group) is 1. The van der Waals surface area contributed by atoms with Gasteiger partial charge in [-0.15, -0.1) is 0 Å². The van der Waals surface area contributed by atoms with E-state index >= 15 is 0 Å². The average molecular weight is 254 g/mol. The van der Waals surface area contributed by atoms with Crippen molar-refractivity contribution in [3.8, 4) is 0 Å². The van der Waals surface area contributed by atoms with Gasteiger partial charge in [0, 0.05) is 38.4 Å².